The van der Waals surface area contributed by atoms with Crippen LogP contribution in [0.2, 0.25) is 0 Å². The van der Waals surface area contributed by atoms with Crippen molar-refractivity contribution < 1.29 is 28.9 Å². The second-order valence-electron chi connectivity index (χ2n) is 12.7. The third kappa shape index (κ3) is 13.2. The van der Waals surface area contributed by atoms with Crippen molar-refractivity contribution in [2.45, 2.75) is 123 Å². The van der Waals surface area contributed by atoms with Crippen LogP contribution in [0.25, 0.3) is 21.5 Å². The maximum absolute atomic E-state index is 12.4. The van der Waals surface area contributed by atoms with Crippen LogP contribution in [0.1, 0.15) is 127 Å². The van der Waals surface area contributed by atoms with Gasteiger partial charge in [-0.25, -0.2) is 9.59 Å². The first kappa shape index (κ1) is 37.1. The summed E-state index contributed by atoms with van der Waals surface area (Å²) in [4.78, 5) is 24.1. The van der Waals surface area contributed by atoms with Crippen LogP contribution in [0.4, 0.5) is 0 Å². The maximum Gasteiger partial charge on any atom is 0.335 e. The van der Waals surface area contributed by atoms with E-state index in [0.29, 0.717) is 23.3 Å². The molecular formula is C40H56O6. The van der Waals surface area contributed by atoms with E-state index < -0.39 is 18.0 Å². The number of hydrogen-bond donors (Lipinski definition) is 1. The molecule has 0 bridgehead atoms. The smallest absolute Gasteiger partial charge is 0.335 e. The van der Waals surface area contributed by atoms with Gasteiger partial charge in [-0.3, -0.25) is 0 Å². The summed E-state index contributed by atoms with van der Waals surface area (Å²) in [7, 11) is 0. The number of fused-ring (bicyclic) bond motifs is 2. The van der Waals surface area contributed by atoms with Crippen LogP contribution < -0.4 is 4.74 Å². The van der Waals surface area contributed by atoms with Gasteiger partial charge in [0.15, 0.2) is 6.10 Å². The highest BCUT2D eigenvalue weighted by atomic mass is 16.6. The lowest BCUT2D eigenvalue weighted by molar-refractivity contribution is -0.149. The van der Waals surface area contributed by atoms with Crippen molar-refractivity contribution in [2.75, 3.05) is 19.8 Å². The Morgan fingerprint density at radius 2 is 1.28 bits per heavy atom. The zero-order valence-electron chi connectivity index (χ0n) is 28.3. The van der Waals surface area contributed by atoms with Crippen molar-refractivity contribution in [2.24, 2.45) is 0 Å². The lowest BCUT2D eigenvalue weighted by Crippen LogP contribution is -2.30. The Hall–Kier alpha value is -3.38. The maximum atomic E-state index is 12.4. The molecule has 0 heterocycles. The number of carbonyl (C=O) groups excluding carboxylic acids is 1. The molecule has 0 aliphatic heterocycles. The number of aromatic carboxylic acids is 1. The van der Waals surface area contributed by atoms with Crippen molar-refractivity contribution in [3.8, 4) is 5.75 Å². The lowest BCUT2D eigenvalue weighted by atomic mass is 10.00. The number of carbonyl (C=O) groups is 2. The van der Waals surface area contributed by atoms with Crippen molar-refractivity contribution in [1.29, 1.82) is 0 Å². The van der Waals surface area contributed by atoms with E-state index >= 15 is 0 Å². The summed E-state index contributed by atoms with van der Waals surface area (Å²) in [6.07, 6.45) is 20.5. The second-order valence-corrected chi connectivity index (χ2v) is 12.7. The number of unbranched alkanes of at least 4 members (excludes halogenated alkanes) is 15. The van der Waals surface area contributed by atoms with Crippen LogP contribution in [0.15, 0.2) is 60.7 Å². The standard InChI is InChI=1S/C40H56O6/c1-4-5-6-7-8-9-10-11-12-13-14-15-16-17-18-21-26-44-29-35(46-40(43)31(2)3)30-45-38-36-23-20-19-22-32(36)27-33-24-25-34(39(41)42)28-37(33)38/h19-20,22-25,27-28,35H,2,4-18,21,26,29-30H2,1,3H3,(H,41,42). The molecule has 0 radical (unpaired) electrons. The van der Waals surface area contributed by atoms with E-state index in [1.807, 2.05) is 30.3 Å². The minimum absolute atomic E-state index is 0.0678. The van der Waals surface area contributed by atoms with Gasteiger partial charge in [0, 0.05) is 23.0 Å². The van der Waals surface area contributed by atoms with Crippen molar-refractivity contribution in [3.05, 3.63) is 66.2 Å². The summed E-state index contributed by atoms with van der Waals surface area (Å²) < 4.78 is 17.9. The fourth-order valence-corrected chi connectivity index (χ4v) is 5.82. The second kappa shape index (κ2) is 21.4. The molecule has 3 rings (SSSR count). The van der Waals surface area contributed by atoms with Crippen molar-refractivity contribution >= 4 is 33.5 Å². The Balaban J connectivity index is 1.39. The Morgan fingerprint density at radius 3 is 1.87 bits per heavy atom. The molecule has 3 aromatic carbocycles. The number of carboxylic acid groups (broad SMARTS) is 1. The Morgan fingerprint density at radius 1 is 0.717 bits per heavy atom. The molecule has 6 heteroatoms. The Labute approximate surface area is 276 Å². The van der Waals surface area contributed by atoms with Gasteiger partial charge >= 0.3 is 11.9 Å². The van der Waals surface area contributed by atoms with Crippen LogP contribution in [-0.2, 0) is 14.3 Å². The normalized spacial score (nSPS) is 12.0. The number of carboxylic acids is 1. The zero-order valence-corrected chi connectivity index (χ0v) is 28.3. The molecule has 46 heavy (non-hydrogen) atoms. The third-order valence-corrected chi connectivity index (χ3v) is 8.54. The lowest BCUT2D eigenvalue weighted by Gasteiger charge is -2.20. The molecule has 0 amide bonds. The predicted molar refractivity (Wildman–Crippen MR) is 189 cm³/mol. The molecule has 3 aromatic rings. The van der Waals surface area contributed by atoms with Gasteiger partial charge < -0.3 is 19.3 Å². The summed E-state index contributed by atoms with van der Waals surface area (Å²) in [5, 5.41) is 13.0. The molecule has 252 valence electrons. The van der Waals surface area contributed by atoms with E-state index in [4.69, 9.17) is 14.2 Å². The number of hydrogen-bond acceptors (Lipinski definition) is 5. The SMILES string of the molecule is C=C(C)C(=O)OC(COCCCCCCCCCCCCCCCCCC)COc1c2ccccc2cc2ccc(C(=O)O)cc12. The van der Waals surface area contributed by atoms with E-state index in [9.17, 15) is 14.7 Å². The monoisotopic (exact) mass is 632 g/mol. The van der Waals surface area contributed by atoms with E-state index in [-0.39, 0.29) is 18.8 Å². The zero-order chi connectivity index (χ0) is 33.0. The fraction of sp³-hybridized carbons (Fsp3) is 0.550. The summed E-state index contributed by atoms with van der Waals surface area (Å²) in [6, 6.07) is 14.8. The largest absolute Gasteiger partial charge is 0.488 e. The highest BCUT2D eigenvalue weighted by molar-refractivity contribution is 6.07. The third-order valence-electron chi connectivity index (χ3n) is 8.54. The molecule has 0 saturated carbocycles. The highest BCUT2D eigenvalue weighted by Crippen LogP contribution is 2.35. The van der Waals surface area contributed by atoms with Crippen LogP contribution in [0, 0.1) is 0 Å². The first-order valence-corrected chi connectivity index (χ1v) is 17.7. The van der Waals surface area contributed by atoms with Crippen LogP contribution >= 0.6 is 0 Å². The van der Waals surface area contributed by atoms with Crippen LogP contribution in [0.3, 0.4) is 0 Å². The molecule has 0 aliphatic carbocycles. The van der Waals surface area contributed by atoms with Crippen molar-refractivity contribution in [3.63, 3.8) is 0 Å². The number of rotatable bonds is 25. The molecule has 0 aliphatic rings. The first-order valence-electron chi connectivity index (χ1n) is 17.7. The quantitative estimate of drug-likeness (QED) is 0.0433. The minimum atomic E-state index is -1.00. The summed E-state index contributed by atoms with van der Waals surface area (Å²) in [6.45, 7) is 8.47. The predicted octanol–water partition coefficient (Wildman–Crippen LogP) is 10.8. The van der Waals surface area contributed by atoms with Gasteiger partial charge in [0.25, 0.3) is 0 Å². The number of ether oxygens (including phenoxy) is 3. The molecule has 0 aromatic heterocycles. The van der Waals surface area contributed by atoms with Crippen molar-refractivity contribution in [1.82, 2.24) is 0 Å². The van der Waals surface area contributed by atoms with Gasteiger partial charge in [-0.05, 0) is 42.3 Å². The van der Waals surface area contributed by atoms with E-state index in [1.54, 1.807) is 25.1 Å². The Kier molecular flexibility index (Phi) is 17.3. The fourth-order valence-electron chi connectivity index (χ4n) is 5.82. The average molecular weight is 633 g/mol. The topological polar surface area (TPSA) is 82.1 Å². The molecule has 1 atom stereocenters. The molecule has 0 spiro atoms. The van der Waals surface area contributed by atoms with Gasteiger partial charge in [-0.2, -0.15) is 0 Å². The van der Waals surface area contributed by atoms with Gasteiger partial charge in [0.05, 0.1) is 12.2 Å². The van der Waals surface area contributed by atoms with Gasteiger partial charge in [0.1, 0.15) is 12.4 Å². The van der Waals surface area contributed by atoms with Crippen LogP contribution in [0.5, 0.6) is 5.75 Å². The molecular weight excluding hydrogens is 576 g/mol. The molecule has 0 saturated heterocycles. The summed E-state index contributed by atoms with van der Waals surface area (Å²) in [5.41, 5.74) is 0.490. The van der Waals surface area contributed by atoms with Gasteiger partial charge in [0.2, 0.25) is 0 Å². The summed E-state index contributed by atoms with van der Waals surface area (Å²) >= 11 is 0. The van der Waals surface area contributed by atoms with Crippen LogP contribution in [-0.4, -0.2) is 43.0 Å². The highest BCUT2D eigenvalue weighted by Gasteiger charge is 2.19. The molecule has 1 unspecified atom stereocenters. The van der Waals surface area contributed by atoms with Gasteiger partial charge in [-0.1, -0.05) is 140 Å². The van der Waals surface area contributed by atoms with E-state index in [2.05, 4.69) is 13.5 Å². The van der Waals surface area contributed by atoms with E-state index in [0.717, 1.165) is 29.0 Å². The summed E-state index contributed by atoms with van der Waals surface area (Å²) in [5.74, 6) is -0.933. The minimum Gasteiger partial charge on any atom is -0.488 e. The molecule has 1 N–H and O–H groups in total. The van der Waals surface area contributed by atoms with E-state index in [1.165, 1.54) is 89.9 Å². The average Bonchev–Trinajstić information content (AvgIpc) is 3.05. The number of esters is 1. The molecule has 0 fully saturated rings. The number of benzene rings is 3. The first-order chi connectivity index (χ1) is 22.4. The van der Waals surface area contributed by atoms with Gasteiger partial charge in [-0.15, -0.1) is 0 Å². The molecule has 6 nitrogen and oxygen atoms in total. The Bertz CT molecular complexity index is 1360.